The Kier molecular flexibility index (Phi) is 5.94. The lowest BCUT2D eigenvalue weighted by atomic mass is 10.1. The maximum absolute atomic E-state index is 12.9. The smallest absolute Gasteiger partial charge is 0.262 e. The molecule has 0 aliphatic heterocycles. The highest BCUT2D eigenvalue weighted by atomic mass is 16.3. The van der Waals surface area contributed by atoms with Crippen LogP contribution in [0.3, 0.4) is 0 Å². The molecule has 0 amide bonds. The van der Waals surface area contributed by atoms with Gasteiger partial charge in [0.25, 0.3) is 5.56 Å². The van der Waals surface area contributed by atoms with E-state index >= 15 is 0 Å². The van der Waals surface area contributed by atoms with Gasteiger partial charge in [-0.15, -0.1) is 0 Å². The van der Waals surface area contributed by atoms with Crippen molar-refractivity contribution < 1.29 is 5.11 Å². The fraction of sp³-hybridized carbons (Fsp3) is 0.381. The fourth-order valence-corrected chi connectivity index (χ4v) is 3.05. The van der Waals surface area contributed by atoms with Gasteiger partial charge < -0.3 is 20.3 Å². The first-order valence-corrected chi connectivity index (χ1v) is 9.54. The van der Waals surface area contributed by atoms with Crippen LogP contribution in [0.1, 0.15) is 26.3 Å². The largest absolute Gasteiger partial charge is 0.394 e. The summed E-state index contributed by atoms with van der Waals surface area (Å²) in [5, 5.41) is 17.5. The molecule has 0 aliphatic rings. The summed E-state index contributed by atoms with van der Waals surface area (Å²) in [4.78, 5) is 21.9. The molecule has 3 rings (SSSR count). The van der Waals surface area contributed by atoms with Gasteiger partial charge in [0.1, 0.15) is 17.5 Å². The van der Waals surface area contributed by atoms with Gasteiger partial charge >= 0.3 is 0 Å². The van der Waals surface area contributed by atoms with Crippen molar-refractivity contribution in [2.24, 2.45) is 5.92 Å². The van der Waals surface area contributed by atoms with Crippen LogP contribution < -0.4 is 16.2 Å². The van der Waals surface area contributed by atoms with Crippen LogP contribution in [0.4, 0.5) is 17.5 Å². The number of aliphatic hydroxyl groups excluding tert-OH is 1. The van der Waals surface area contributed by atoms with Crippen molar-refractivity contribution in [3.8, 4) is 0 Å². The Morgan fingerprint density at radius 1 is 1.21 bits per heavy atom. The normalized spacial score (nSPS) is 12.4. The lowest BCUT2D eigenvalue weighted by molar-refractivity contribution is 0.249. The van der Waals surface area contributed by atoms with E-state index in [-0.39, 0.29) is 24.1 Å². The highest BCUT2D eigenvalue weighted by Gasteiger charge is 2.17. The highest BCUT2D eigenvalue weighted by Crippen LogP contribution is 2.25. The zero-order valence-electron chi connectivity index (χ0n) is 16.7. The third-order valence-electron chi connectivity index (χ3n) is 4.79. The van der Waals surface area contributed by atoms with Gasteiger partial charge in [-0.2, -0.15) is 0 Å². The molecule has 0 saturated heterocycles. The third kappa shape index (κ3) is 4.14. The van der Waals surface area contributed by atoms with Crippen LogP contribution in [0.25, 0.3) is 10.8 Å². The van der Waals surface area contributed by atoms with Crippen LogP contribution in [0.15, 0.2) is 41.5 Å². The first-order valence-electron chi connectivity index (χ1n) is 9.54. The Morgan fingerprint density at radius 2 is 2.00 bits per heavy atom. The van der Waals surface area contributed by atoms with Gasteiger partial charge in [0.05, 0.1) is 18.0 Å². The van der Waals surface area contributed by atoms with E-state index in [1.165, 1.54) is 0 Å². The molecule has 3 N–H and O–H groups in total. The van der Waals surface area contributed by atoms with Gasteiger partial charge in [-0.1, -0.05) is 13.8 Å². The average Bonchev–Trinajstić information content (AvgIpc) is 2.65. The predicted octanol–water partition coefficient (Wildman–Crippen LogP) is 3.29. The van der Waals surface area contributed by atoms with Crippen LogP contribution in [-0.4, -0.2) is 32.3 Å². The maximum Gasteiger partial charge on any atom is 0.262 e. The molecule has 3 heterocycles. The minimum absolute atomic E-state index is 0.0489. The van der Waals surface area contributed by atoms with E-state index in [9.17, 15) is 9.90 Å². The van der Waals surface area contributed by atoms with Crippen molar-refractivity contribution >= 4 is 28.2 Å². The van der Waals surface area contributed by atoms with Crippen LogP contribution in [-0.2, 0) is 6.54 Å². The molecule has 0 radical (unpaired) electrons. The molecule has 0 bridgehead atoms. The molecule has 0 aliphatic carbocycles. The number of pyridine rings is 3. The van der Waals surface area contributed by atoms with Gasteiger partial charge in [-0.3, -0.25) is 4.79 Å². The standard InChI is InChI=1S/C21H27N5O2/c1-5-26-9-7-15-11-18(24-17-10-14(4)6-8-22-17)25-20(19(15)21(26)28)23-16(12-27)13(2)3/h6-11,13,16,27H,5,12H2,1-4H3,(H2,22,23,24,25)/t16-/m1/s1. The molecule has 0 aromatic carbocycles. The van der Waals surface area contributed by atoms with Crippen LogP contribution in [0, 0.1) is 12.8 Å². The van der Waals surface area contributed by atoms with E-state index < -0.39 is 0 Å². The Balaban J connectivity index is 2.13. The molecule has 3 aromatic heterocycles. The van der Waals surface area contributed by atoms with Gasteiger partial charge in [0, 0.05) is 18.9 Å². The lowest BCUT2D eigenvalue weighted by Gasteiger charge is -2.22. The molecule has 1 atom stereocenters. The molecule has 148 valence electrons. The van der Waals surface area contributed by atoms with Crippen molar-refractivity contribution in [3.05, 3.63) is 52.6 Å². The maximum atomic E-state index is 12.9. The summed E-state index contributed by atoms with van der Waals surface area (Å²) in [6, 6.07) is 7.39. The summed E-state index contributed by atoms with van der Waals surface area (Å²) in [5.74, 6) is 1.91. The number of rotatable bonds is 7. The monoisotopic (exact) mass is 381 g/mol. The first kappa shape index (κ1) is 19.8. The molecule has 0 saturated carbocycles. The van der Waals surface area contributed by atoms with Gasteiger partial charge in [-0.05, 0) is 55.0 Å². The van der Waals surface area contributed by atoms with E-state index in [0.29, 0.717) is 29.4 Å². The van der Waals surface area contributed by atoms with Gasteiger partial charge in [-0.25, -0.2) is 9.97 Å². The summed E-state index contributed by atoms with van der Waals surface area (Å²) in [6.45, 7) is 8.48. The quantitative estimate of drug-likeness (QED) is 0.582. The third-order valence-corrected chi connectivity index (χ3v) is 4.79. The van der Waals surface area contributed by atoms with Gasteiger partial charge in [0.15, 0.2) is 0 Å². The molecule has 0 fully saturated rings. The predicted molar refractivity (Wildman–Crippen MR) is 113 cm³/mol. The minimum Gasteiger partial charge on any atom is -0.394 e. The second-order valence-electron chi connectivity index (χ2n) is 7.25. The van der Waals surface area contributed by atoms with Crippen molar-refractivity contribution in [1.82, 2.24) is 14.5 Å². The number of anilines is 3. The number of hydrogen-bond donors (Lipinski definition) is 3. The average molecular weight is 381 g/mol. The van der Waals surface area contributed by atoms with Crippen molar-refractivity contribution in [2.45, 2.75) is 40.3 Å². The number of hydrogen-bond acceptors (Lipinski definition) is 6. The number of nitrogens with one attached hydrogen (secondary N) is 2. The van der Waals surface area contributed by atoms with Crippen LogP contribution >= 0.6 is 0 Å². The Hall–Kier alpha value is -2.93. The molecule has 7 heteroatoms. The Morgan fingerprint density at radius 3 is 2.64 bits per heavy atom. The second kappa shape index (κ2) is 8.39. The molecule has 0 spiro atoms. The lowest BCUT2D eigenvalue weighted by Crippen LogP contribution is -2.31. The molecule has 3 aromatic rings. The summed E-state index contributed by atoms with van der Waals surface area (Å²) < 4.78 is 1.65. The molecule has 28 heavy (non-hydrogen) atoms. The fourth-order valence-electron chi connectivity index (χ4n) is 3.05. The zero-order valence-corrected chi connectivity index (χ0v) is 16.7. The van der Waals surface area contributed by atoms with Crippen LogP contribution in [0.5, 0.6) is 0 Å². The Labute approximate surface area is 164 Å². The summed E-state index contributed by atoms with van der Waals surface area (Å²) in [7, 11) is 0. The topological polar surface area (TPSA) is 92.1 Å². The highest BCUT2D eigenvalue weighted by molar-refractivity contribution is 5.93. The Bertz CT molecular complexity index is 1030. The SMILES string of the molecule is CCn1ccc2cc(Nc3cc(C)ccn3)nc(N[C@H](CO)C(C)C)c2c1=O. The summed E-state index contributed by atoms with van der Waals surface area (Å²) in [6.07, 6.45) is 3.52. The van der Waals surface area contributed by atoms with Crippen LogP contribution in [0.2, 0.25) is 0 Å². The second-order valence-corrected chi connectivity index (χ2v) is 7.25. The molecular weight excluding hydrogens is 354 g/mol. The van der Waals surface area contributed by atoms with E-state index in [1.807, 2.05) is 52.0 Å². The number of aliphatic hydroxyl groups is 1. The molecular formula is C21H27N5O2. The first-order chi connectivity index (χ1) is 13.4. The summed E-state index contributed by atoms with van der Waals surface area (Å²) in [5.41, 5.74) is 0.985. The van der Waals surface area contributed by atoms with E-state index in [4.69, 9.17) is 0 Å². The number of aromatic nitrogens is 3. The number of fused-ring (bicyclic) bond motifs is 1. The molecule has 0 unspecified atom stereocenters. The summed E-state index contributed by atoms with van der Waals surface area (Å²) >= 11 is 0. The van der Waals surface area contributed by atoms with E-state index in [1.54, 1.807) is 17.0 Å². The van der Waals surface area contributed by atoms with Crippen molar-refractivity contribution in [3.63, 3.8) is 0 Å². The van der Waals surface area contributed by atoms with E-state index in [2.05, 4.69) is 20.6 Å². The number of aryl methyl sites for hydroxylation is 2. The van der Waals surface area contributed by atoms with Crippen molar-refractivity contribution in [2.75, 3.05) is 17.2 Å². The van der Waals surface area contributed by atoms with Gasteiger partial charge in [0.2, 0.25) is 0 Å². The zero-order chi connectivity index (χ0) is 20.3. The van der Waals surface area contributed by atoms with E-state index in [0.717, 1.165) is 10.9 Å². The van der Waals surface area contributed by atoms with Crippen molar-refractivity contribution in [1.29, 1.82) is 0 Å². The minimum atomic E-state index is -0.210. The number of nitrogens with zero attached hydrogens (tertiary/aromatic N) is 3. The molecule has 7 nitrogen and oxygen atoms in total.